The highest BCUT2D eigenvalue weighted by Crippen LogP contribution is 2.47. The first-order valence-electron chi connectivity index (χ1n) is 7.46. The summed E-state index contributed by atoms with van der Waals surface area (Å²) >= 11 is 0. The molecule has 1 aromatic carbocycles. The minimum atomic E-state index is -0.779. The van der Waals surface area contributed by atoms with Gasteiger partial charge in [-0.2, -0.15) is 0 Å². The van der Waals surface area contributed by atoms with E-state index < -0.39 is 11.4 Å². The van der Waals surface area contributed by atoms with Crippen LogP contribution in [0.25, 0.3) is 0 Å². The Morgan fingerprint density at radius 1 is 1.14 bits per heavy atom. The Labute approximate surface area is 126 Å². The average Bonchev–Trinajstić information content (AvgIpc) is 2.96. The number of methoxy groups -OCH3 is 2. The standard InChI is InChI=1S/C17H24O4/c1-11(2)12-9-14(20-3)15(21-4)10-13(12)17(16(18)19)7-5-6-8-17/h9-11H,5-8H2,1-4H3,(H,18,19). The van der Waals surface area contributed by atoms with Gasteiger partial charge >= 0.3 is 5.97 Å². The van der Waals surface area contributed by atoms with Crippen LogP contribution in [-0.2, 0) is 10.2 Å². The van der Waals surface area contributed by atoms with Crippen LogP contribution in [0.3, 0.4) is 0 Å². The first-order valence-corrected chi connectivity index (χ1v) is 7.46. The van der Waals surface area contributed by atoms with Crippen LogP contribution in [0, 0.1) is 0 Å². The molecular weight excluding hydrogens is 268 g/mol. The zero-order valence-corrected chi connectivity index (χ0v) is 13.2. The van der Waals surface area contributed by atoms with E-state index in [0.29, 0.717) is 24.3 Å². The van der Waals surface area contributed by atoms with Crippen LogP contribution in [0.4, 0.5) is 0 Å². The summed E-state index contributed by atoms with van der Waals surface area (Å²) < 4.78 is 10.7. The number of aliphatic carboxylic acids is 1. The van der Waals surface area contributed by atoms with Gasteiger partial charge < -0.3 is 14.6 Å². The average molecular weight is 292 g/mol. The van der Waals surface area contributed by atoms with Gasteiger partial charge in [0.05, 0.1) is 19.6 Å². The number of carbonyl (C=O) groups is 1. The highest BCUT2D eigenvalue weighted by atomic mass is 16.5. The second-order valence-corrected chi connectivity index (χ2v) is 6.04. The van der Waals surface area contributed by atoms with E-state index in [-0.39, 0.29) is 5.92 Å². The normalized spacial score (nSPS) is 17.0. The number of ether oxygens (including phenoxy) is 2. The Hall–Kier alpha value is -1.71. The summed E-state index contributed by atoms with van der Waals surface area (Å²) in [5.74, 6) is 0.763. The monoisotopic (exact) mass is 292 g/mol. The smallest absolute Gasteiger partial charge is 0.314 e. The van der Waals surface area contributed by atoms with Crippen molar-refractivity contribution in [3.05, 3.63) is 23.3 Å². The summed E-state index contributed by atoms with van der Waals surface area (Å²) in [5, 5.41) is 9.84. The molecular formula is C17H24O4. The fourth-order valence-corrected chi connectivity index (χ4v) is 3.36. The van der Waals surface area contributed by atoms with Crippen molar-refractivity contribution < 1.29 is 19.4 Å². The van der Waals surface area contributed by atoms with E-state index >= 15 is 0 Å². The molecule has 1 aliphatic rings. The van der Waals surface area contributed by atoms with E-state index in [1.165, 1.54) is 0 Å². The summed E-state index contributed by atoms with van der Waals surface area (Å²) in [4.78, 5) is 12.0. The zero-order chi connectivity index (χ0) is 15.6. The van der Waals surface area contributed by atoms with Crippen molar-refractivity contribution in [2.24, 2.45) is 0 Å². The molecule has 4 heteroatoms. The van der Waals surface area contributed by atoms with Crippen LogP contribution in [0.5, 0.6) is 11.5 Å². The van der Waals surface area contributed by atoms with Crippen molar-refractivity contribution in [1.82, 2.24) is 0 Å². The molecule has 1 fully saturated rings. The lowest BCUT2D eigenvalue weighted by Crippen LogP contribution is -2.34. The highest BCUT2D eigenvalue weighted by molar-refractivity contribution is 5.83. The Morgan fingerprint density at radius 3 is 2.10 bits per heavy atom. The SMILES string of the molecule is COc1cc(C(C)C)c(C2(C(=O)O)CCCC2)cc1OC. The lowest BCUT2D eigenvalue weighted by atomic mass is 9.74. The van der Waals surface area contributed by atoms with E-state index in [0.717, 1.165) is 24.0 Å². The summed E-state index contributed by atoms with van der Waals surface area (Å²) in [6.45, 7) is 4.16. The van der Waals surface area contributed by atoms with Crippen molar-refractivity contribution in [2.45, 2.75) is 50.9 Å². The molecule has 2 rings (SSSR count). The molecule has 0 bridgehead atoms. The van der Waals surface area contributed by atoms with Crippen molar-refractivity contribution in [3.63, 3.8) is 0 Å². The van der Waals surface area contributed by atoms with Gasteiger partial charge in [0, 0.05) is 0 Å². The zero-order valence-electron chi connectivity index (χ0n) is 13.2. The van der Waals surface area contributed by atoms with Gasteiger partial charge in [-0.05, 0) is 42.0 Å². The van der Waals surface area contributed by atoms with Crippen molar-refractivity contribution >= 4 is 5.97 Å². The van der Waals surface area contributed by atoms with Gasteiger partial charge in [0.1, 0.15) is 0 Å². The molecule has 0 aromatic heterocycles. The summed E-state index contributed by atoms with van der Waals surface area (Å²) in [5.41, 5.74) is 1.15. The maximum atomic E-state index is 12.0. The van der Waals surface area contributed by atoms with Gasteiger partial charge in [0.25, 0.3) is 0 Å². The van der Waals surface area contributed by atoms with E-state index in [1.807, 2.05) is 12.1 Å². The van der Waals surface area contributed by atoms with Gasteiger partial charge in [-0.25, -0.2) is 0 Å². The second kappa shape index (κ2) is 5.96. The molecule has 0 heterocycles. The molecule has 1 aromatic rings. The quantitative estimate of drug-likeness (QED) is 0.898. The molecule has 1 saturated carbocycles. The number of hydrogen-bond acceptors (Lipinski definition) is 3. The minimum Gasteiger partial charge on any atom is -0.493 e. The molecule has 0 amide bonds. The van der Waals surface area contributed by atoms with E-state index in [1.54, 1.807) is 14.2 Å². The van der Waals surface area contributed by atoms with Crippen LogP contribution in [-0.4, -0.2) is 25.3 Å². The first-order chi connectivity index (χ1) is 9.96. The predicted octanol–water partition coefficient (Wildman–Crippen LogP) is 3.72. The van der Waals surface area contributed by atoms with E-state index in [4.69, 9.17) is 9.47 Å². The Kier molecular flexibility index (Phi) is 4.45. The molecule has 21 heavy (non-hydrogen) atoms. The predicted molar refractivity (Wildman–Crippen MR) is 81.4 cm³/mol. The van der Waals surface area contributed by atoms with Crippen molar-refractivity contribution in [2.75, 3.05) is 14.2 Å². The molecule has 0 aliphatic heterocycles. The van der Waals surface area contributed by atoms with Gasteiger partial charge in [0.2, 0.25) is 0 Å². The lowest BCUT2D eigenvalue weighted by molar-refractivity contribution is -0.143. The third-order valence-electron chi connectivity index (χ3n) is 4.56. The fraction of sp³-hybridized carbons (Fsp3) is 0.588. The highest BCUT2D eigenvalue weighted by Gasteiger charge is 2.45. The van der Waals surface area contributed by atoms with E-state index in [2.05, 4.69) is 13.8 Å². The van der Waals surface area contributed by atoms with Crippen LogP contribution in [0.1, 0.15) is 56.6 Å². The number of rotatable bonds is 5. The van der Waals surface area contributed by atoms with Gasteiger partial charge in [-0.3, -0.25) is 4.79 Å². The van der Waals surface area contributed by atoms with Crippen LogP contribution in [0.2, 0.25) is 0 Å². The second-order valence-electron chi connectivity index (χ2n) is 6.04. The molecule has 0 spiro atoms. The van der Waals surface area contributed by atoms with Crippen molar-refractivity contribution in [3.8, 4) is 11.5 Å². The third-order valence-corrected chi connectivity index (χ3v) is 4.56. The largest absolute Gasteiger partial charge is 0.493 e. The topological polar surface area (TPSA) is 55.8 Å². The summed E-state index contributed by atoms with van der Waals surface area (Å²) in [6.07, 6.45) is 3.30. The Bertz CT molecular complexity index is 528. The third kappa shape index (κ3) is 2.59. The molecule has 116 valence electrons. The van der Waals surface area contributed by atoms with E-state index in [9.17, 15) is 9.90 Å². The molecule has 0 saturated heterocycles. The van der Waals surface area contributed by atoms with Crippen LogP contribution >= 0.6 is 0 Å². The molecule has 4 nitrogen and oxygen atoms in total. The first kappa shape index (κ1) is 15.7. The number of benzene rings is 1. The maximum absolute atomic E-state index is 12.0. The molecule has 0 atom stereocenters. The molecule has 1 N–H and O–H groups in total. The lowest BCUT2D eigenvalue weighted by Gasteiger charge is -2.29. The number of carboxylic acids is 1. The Morgan fingerprint density at radius 2 is 1.67 bits per heavy atom. The Balaban J connectivity index is 2.68. The molecule has 0 unspecified atom stereocenters. The number of carboxylic acid groups (broad SMARTS) is 1. The molecule has 0 radical (unpaired) electrons. The van der Waals surface area contributed by atoms with Gasteiger partial charge in [-0.1, -0.05) is 26.7 Å². The van der Waals surface area contributed by atoms with Gasteiger partial charge in [-0.15, -0.1) is 0 Å². The van der Waals surface area contributed by atoms with Crippen LogP contribution < -0.4 is 9.47 Å². The summed E-state index contributed by atoms with van der Waals surface area (Å²) in [7, 11) is 3.18. The fourth-order valence-electron chi connectivity index (χ4n) is 3.36. The molecule has 1 aliphatic carbocycles. The van der Waals surface area contributed by atoms with Crippen molar-refractivity contribution in [1.29, 1.82) is 0 Å². The van der Waals surface area contributed by atoms with Gasteiger partial charge in [0.15, 0.2) is 11.5 Å². The number of hydrogen-bond donors (Lipinski definition) is 1. The maximum Gasteiger partial charge on any atom is 0.314 e. The summed E-state index contributed by atoms with van der Waals surface area (Å²) in [6, 6.07) is 3.80. The minimum absolute atomic E-state index is 0.233. The van der Waals surface area contributed by atoms with Crippen LogP contribution in [0.15, 0.2) is 12.1 Å².